The summed E-state index contributed by atoms with van der Waals surface area (Å²) in [5, 5.41) is 10.3. The predicted molar refractivity (Wildman–Crippen MR) is 128 cm³/mol. The summed E-state index contributed by atoms with van der Waals surface area (Å²) in [4.78, 5) is 0. The quantitative estimate of drug-likeness (QED) is 0.460. The van der Waals surface area contributed by atoms with Crippen molar-refractivity contribution in [2.75, 3.05) is 0 Å². The van der Waals surface area contributed by atoms with Gasteiger partial charge < -0.3 is 5.11 Å². The Labute approximate surface area is 186 Å². The van der Waals surface area contributed by atoms with E-state index in [1.165, 1.54) is 44.1 Å². The summed E-state index contributed by atoms with van der Waals surface area (Å²) in [6, 6.07) is 0. The molecule has 0 aromatic rings. The zero-order valence-electron chi connectivity index (χ0n) is 20.3. The third-order valence-electron chi connectivity index (χ3n) is 10.5. The second-order valence-corrected chi connectivity index (χ2v) is 12.0. The molecule has 0 radical (unpaired) electrons. The molecule has 30 heavy (non-hydrogen) atoms. The topological polar surface area (TPSA) is 20.2 Å². The Bertz CT molecular complexity index is 716. The van der Waals surface area contributed by atoms with E-state index < -0.39 is 0 Å². The lowest BCUT2D eigenvalue weighted by atomic mass is 9.47. The number of rotatable bonds is 5. The first-order valence-corrected chi connectivity index (χ1v) is 12.9. The third-order valence-corrected chi connectivity index (χ3v) is 10.5. The Morgan fingerprint density at radius 3 is 2.53 bits per heavy atom. The fraction of sp³-hybridized carbons (Fsp3) is 0.793. The summed E-state index contributed by atoms with van der Waals surface area (Å²) < 4.78 is 0. The number of hydrogen-bond acceptors (Lipinski definition) is 1. The van der Waals surface area contributed by atoms with Crippen LogP contribution in [0.2, 0.25) is 0 Å². The Morgan fingerprint density at radius 1 is 1.13 bits per heavy atom. The van der Waals surface area contributed by atoms with Crippen LogP contribution in [0.15, 0.2) is 36.0 Å². The lowest BCUT2D eigenvalue weighted by Crippen LogP contribution is -2.49. The van der Waals surface area contributed by atoms with Crippen molar-refractivity contribution in [3.05, 3.63) is 36.0 Å². The van der Waals surface area contributed by atoms with Gasteiger partial charge in [0.05, 0.1) is 6.10 Å². The normalized spacial score (nSPS) is 45.3. The molecule has 4 rings (SSSR count). The van der Waals surface area contributed by atoms with E-state index >= 15 is 0 Å². The average Bonchev–Trinajstić information content (AvgIpc) is 3.06. The molecular weight excluding hydrogens is 364 g/mol. The highest BCUT2D eigenvalue weighted by molar-refractivity contribution is 5.28. The molecule has 1 nitrogen and oxygen atoms in total. The summed E-state index contributed by atoms with van der Waals surface area (Å²) in [7, 11) is 0. The molecule has 0 spiro atoms. The van der Waals surface area contributed by atoms with Crippen LogP contribution >= 0.6 is 0 Å². The van der Waals surface area contributed by atoms with E-state index in [-0.39, 0.29) is 6.10 Å². The van der Waals surface area contributed by atoms with E-state index in [1.54, 1.807) is 0 Å². The molecule has 0 saturated heterocycles. The maximum Gasteiger partial charge on any atom is 0.0543 e. The van der Waals surface area contributed by atoms with Gasteiger partial charge in [0.2, 0.25) is 0 Å². The van der Waals surface area contributed by atoms with E-state index in [9.17, 15) is 5.11 Å². The van der Waals surface area contributed by atoms with Gasteiger partial charge in [-0.1, -0.05) is 63.6 Å². The van der Waals surface area contributed by atoms with Crippen LogP contribution in [0.5, 0.6) is 0 Å². The molecule has 9 atom stereocenters. The van der Waals surface area contributed by atoms with Crippen molar-refractivity contribution in [3.63, 3.8) is 0 Å². The Kier molecular flexibility index (Phi) is 6.17. The van der Waals surface area contributed by atoms with Gasteiger partial charge in [0.1, 0.15) is 0 Å². The lowest BCUT2D eigenvalue weighted by molar-refractivity contribution is -0.0414. The summed E-state index contributed by atoms with van der Waals surface area (Å²) in [5.74, 6) is 4.27. The van der Waals surface area contributed by atoms with Gasteiger partial charge in [0.15, 0.2) is 0 Å². The van der Waals surface area contributed by atoms with Crippen LogP contribution in [-0.2, 0) is 0 Å². The first-order valence-electron chi connectivity index (χ1n) is 12.9. The fourth-order valence-electron chi connectivity index (χ4n) is 8.49. The van der Waals surface area contributed by atoms with Gasteiger partial charge in [-0.05, 0) is 111 Å². The molecule has 0 unspecified atom stereocenters. The molecule has 1 N–H and O–H groups in total. The number of allylic oxidation sites excluding steroid dienone is 5. The second-order valence-electron chi connectivity index (χ2n) is 12.0. The number of aliphatic hydroxyl groups is 1. The van der Waals surface area contributed by atoms with Gasteiger partial charge in [-0.25, -0.2) is 0 Å². The van der Waals surface area contributed by atoms with Crippen LogP contribution < -0.4 is 0 Å². The number of hydrogen-bond donors (Lipinski definition) is 1. The standard InChI is InChI=1S/C29H46O/c1-7-21(19(2)3)9-8-20(4)25-12-13-26-24-11-10-22-18-23(30)14-16-28(22,5)27(24)15-17-29(25,26)6/h8-9,11,20-23,25-27,30H,2,7,10,12-18H2,1,3-6H3/b9-8+/t20-,21-,22-,23+,25-,26-,27+,28+,29-/m0/s1. The van der Waals surface area contributed by atoms with Crippen LogP contribution in [0, 0.1) is 46.3 Å². The van der Waals surface area contributed by atoms with Crippen molar-refractivity contribution in [1.29, 1.82) is 0 Å². The third kappa shape index (κ3) is 3.58. The van der Waals surface area contributed by atoms with E-state index in [1.807, 2.05) is 5.57 Å². The van der Waals surface area contributed by atoms with E-state index in [0.29, 0.717) is 28.6 Å². The Hall–Kier alpha value is -0.820. The molecule has 0 amide bonds. The van der Waals surface area contributed by atoms with Crippen LogP contribution in [0.4, 0.5) is 0 Å². The molecule has 168 valence electrons. The zero-order valence-corrected chi connectivity index (χ0v) is 20.3. The minimum Gasteiger partial charge on any atom is -0.393 e. The molecule has 3 fully saturated rings. The molecule has 0 heterocycles. The summed E-state index contributed by atoms with van der Waals surface area (Å²) in [6.07, 6.45) is 18.8. The van der Waals surface area contributed by atoms with Crippen molar-refractivity contribution >= 4 is 0 Å². The molecule has 0 aliphatic heterocycles. The SMILES string of the molecule is C=C(C)[C@H](/C=C/[C@H](C)[C@@H]1CC[C@H]2C3=CC[C@H]4C[C@H](O)CC[C@@]4(C)[C@@H]3CC[C@]21C)CC. The van der Waals surface area contributed by atoms with Crippen molar-refractivity contribution in [2.45, 2.75) is 98.5 Å². The average molecular weight is 411 g/mol. The van der Waals surface area contributed by atoms with Gasteiger partial charge in [-0.15, -0.1) is 0 Å². The highest BCUT2D eigenvalue weighted by atomic mass is 16.3. The van der Waals surface area contributed by atoms with Crippen LogP contribution in [-0.4, -0.2) is 11.2 Å². The minimum atomic E-state index is -0.0541. The molecule has 0 bridgehead atoms. The van der Waals surface area contributed by atoms with E-state index in [4.69, 9.17) is 0 Å². The van der Waals surface area contributed by atoms with Gasteiger partial charge in [-0.3, -0.25) is 0 Å². The largest absolute Gasteiger partial charge is 0.393 e. The Balaban J connectivity index is 1.54. The van der Waals surface area contributed by atoms with Crippen molar-refractivity contribution in [1.82, 2.24) is 0 Å². The van der Waals surface area contributed by atoms with Gasteiger partial charge in [0, 0.05) is 0 Å². The second kappa shape index (κ2) is 8.27. The molecule has 1 heteroatoms. The minimum absolute atomic E-state index is 0.0541. The fourth-order valence-corrected chi connectivity index (χ4v) is 8.49. The molecule has 0 aromatic heterocycles. The van der Waals surface area contributed by atoms with E-state index in [2.05, 4.69) is 59.4 Å². The van der Waals surface area contributed by atoms with Crippen molar-refractivity contribution < 1.29 is 5.11 Å². The zero-order chi connectivity index (χ0) is 21.7. The first-order chi connectivity index (χ1) is 14.2. The molecule has 4 aliphatic carbocycles. The molecular formula is C29H46O. The predicted octanol–water partition coefficient (Wildman–Crippen LogP) is 7.72. The molecule has 0 aromatic carbocycles. The summed E-state index contributed by atoms with van der Waals surface area (Å²) in [5.41, 5.74) is 4.04. The lowest BCUT2D eigenvalue weighted by Gasteiger charge is -2.57. The van der Waals surface area contributed by atoms with Gasteiger partial charge in [0.25, 0.3) is 0 Å². The van der Waals surface area contributed by atoms with Crippen molar-refractivity contribution in [2.24, 2.45) is 46.3 Å². The smallest absolute Gasteiger partial charge is 0.0543 e. The maximum atomic E-state index is 10.3. The highest BCUT2D eigenvalue weighted by Crippen LogP contribution is 2.66. The van der Waals surface area contributed by atoms with Crippen LogP contribution in [0.1, 0.15) is 92.4 Å². The maximum absolute atomic E-state index is 10.3. The molecule has 3 saturated carbocycles. The summed E-state index contributed by atoms with van der Waals surface area (Å²) in [6.45, 7) is 16.3. The van der Waals surface area contributed by atoms with Crippen molar-refractivity contribution in [3.8, 4) is 0 Å². The van der Waals surface area contributed by atoms with Crippen LogP contribution in [0.25, 0.3) is 0 Å². The Morgan fingerprint density at radius 2 is 1.83 bits per heavy atom. The first kappa shape index (κ1) is 22.4. The number of aliphatic hydroxyl groups excluding tert-OH is 1. The monoisotopic (exact) mass is 410 g/mol. The van der Waals surface area contributed by atoms with Crippen LogP contribution in [0.3, 0.4) is 0 Å². The number of fused-ring (bicyclic) bond motifs is 5. The van der Waals surface area contributed by atoms with E-state index in [0.717, 1.165) is 37.0 Å². The highest BCUT2D eigenvalue weighted by Gasteiger charge is 2.57. The summed E-state index contributed by atoms with van der Waals surface area (Å²) >= 11 is 0. The van der Waals surface area contributed by atoms with Gasteiger partial charge >= 0.3 is 0 Å². The molecule has 4 aliphatic rings. The van der Waals surface area contributed by atoms with Gasteiger partial charge in [-0.2, -0.15) is 0 Å².